The van der Waals surface area contributed by atoms with E-state index in [1.54, 1.807) is 6.26 Å². The predicted octanol–water partition coefficient (Wildman–Crippen LogP) is 4.09. The smallest absolute Gasteiger partial charge is 0.119 e. The van der Waals surface area contributed by atoms with Crippen LogP contribution in [0.4, 0.5) is 0 Å². The van der Waals surface area contributed by atoms with Gasteiger partial charge in [0, 0.05) is 11.0 Å². The maximum absolute atomic E-state index is 6.07. The molecule has 4 heteroatoms. The molecule has 1 aromatic carbocycles. The van der Waals surface area contributed by atoms with Gasteiger partial charge in [-0.3, -0.25) is 4.90 Å². The minimum absolute atomic E-state index is 0.264. The van der Waals surface area contributed by atoms with E-state index < -0.39 is 0 Å². The van der Waals surface area contributed by atoms with E-state index in [4.69, 9.17) is 9.15 Å². The molecule has 1 fully saturated rings. The number of piperidine rings is 1. The summed E-state index contributed by atoms with van der Waals surface area (Å²) in [7, 11) is 0. The largest absolute Gasteiger partial charge is 0.489 e. The average Bonchev–Trinajstić information content (AvgIpc) is 2.95. The van der Waals surface area contributed by atoms with Gasteiger partial charge in [-0.25, -0.2) is 0 Å². The van der Waals surface area contributed by atoms with Crippen LogP contribution in [0.25, 0.3) is 0 Å². The van der Waals surface area contributed by atoms with Crippen molar-refractivity contribution in [1.29, 1.82) is 0 Å². The van der Waals surface area contributed by atoms with Crippen LogP contribution in [0.3, 0.4) is 0 Å². The Hall–Kier alpha value is -1.26. The molecule has 1 unspecified atom stereocenters. The summed E-state index contributed by atoms with van der Waals surface area (Å²) < 4.78 is 12.6. The first kappa shape index (κ1) is 13.7. The number of furan rings is 1. The Bertz CT molecular complexity index is 524. The molecular formula is C16H18BrNO2. The summed E-state index contributed by atoms with van der Waals surface area (Å²) >= 11 is 3.44. The van der Waals surface area contributed by atoms with Gasteiger partial charge in [-0.2, -0.15) is 0 Å². The molecule has 1 saturated heterocycles. The van der Waals surface area contributed by atoms with Gasteiger partial charge in [0.1, 0.15) is 17.6 Å². The van der Waals surface area contributed by atoms with Crippen molar-refractivity contribution in [3.8, 4) is 5.75 Å². The zero-order valence-electron chi connectivity index (χ0n) is 11.3. The molecule has 0 amide bonds. The number of hydrogen-bond acceptors (Lipinski definition) is 3. The van der Waals surface area contributed by atoms with Crippen LogP contribution in [0, 0.1) is 0 Å². The summed E-state index contributed by atoms with van der Waals surface area (Å²) in [5.74, 6) is 1.97. The Labute approximate surface area is 127 Å². The number of ether oxygens (including phenoxy) is 1. The summed E-state index contributed by atoms with van der Waals surface area (Å²) in [5, 5.41) is 0. The number of hydrogen-bond donors (Lipinski definition) is 0. The van der Waals surface area contributed by atoms with Crippen molar-refractivity contribution in [2.45, 2.75) is 25.5 Å². The Kier molecular flexibility index (Phi) is 4.43. The van der Waals surface area contributed by atoms with E-state index in [0.29, 0.717) is 0 Å². The van der Waals surface area contributed by atoms with Crippen molar-refractivity contribution in [3.05, 3.63) is 52.9 Å². The maximum atomic E-state index is 6.07. The third kappa shape index (κ3) is 3.64. The molecule has 0 radical (unpaired) electrons. The highest BCUT2D eigenvalue weighted by Gasteiger charge is 2.21. The van der Waals surface area contributed by atoms with Crippen molar-refractivity contribution in [2.24, 2.45) is 0 Å². The minimum atomic E-state index is 0.264. The number of likely N-dealkylation sites (tertiary alicyclic amines) is 1. The van der Waals surface area contributed by atoms with Crippen LogP contribution in [-0.4, -0.2) is 24.1 Å². The van der Waals surface area contributed by atoms with Crippen LogP contribution in [0.15, 0.2) is 51.6 Å². The van der Waals surface area contributed by atoms with Crippen LogP contribution in [0.5, 0.6) is 5.75 Å². The molecule has 0 spiro atoms. The molecule has 0 aliphatic carbocycles. The first-order valence-electron chi connectivity index (χ1n) is 6.96. The molecule has 2 heterocycles. The zero-order valence-corrected chi connectivity index (χ0v) is 12.9. The van der Waals surface area contributed by atoms with Gasteiger partial charge in [0.15, 0.2) is 0 Å². The molecule has 0 bridgehead atoms. The fraction of sp³-hybridized carbons (Fsp3) is 0.375. The molecule has 1 atom stereocenters. The topological polar surface area (TPSA) is 25.6 Å². The van der Waals surface area contributed by atoms with E-state index in [1.165, 1.54) is 6.42 Å². The highest BCUT2D eigenvalue weighted by Crippen LogP contribution is 2.21. The lowest BCUT2D eigenvalue weighted by atomic mass is 10.1. The fourth-order valence-electron chi connectivity index (χ4n) is 2.58. The zero-order chi connectivity index (χ0) is 13.8. The Balaban J connectivity index is 1.56. The van der Waals surface area contributed by atoms with E-state index in [9.17, 15) is 0 Å². The predicted molar refractivity (Wildman–Crippen MR) is 81.8 cm³/mol. The Morgan fingerprint density at radius 1 is 1.25 bits per heavy atom. The third-order valence-electron chi connectivity index (χ3n) is 3.54. The average molecular weight is 336 g/mol. The van der Waals surface area contributed by atoms with Crippen molar-refractivity contribution in [1.82, 2.24) is 4.90 Å². The summed E-state index contributed by atoms with van der Waals surface area (Å²) in [4.78, 5) is 2.39. The van der Waals surface area contributed by atoms with Crippen molar-refractivity contribution in [3.63, 3.8) is 0 Å². The van der Waals surface area contributed by atoms with Gasteiger partial charge in [-0.15, -0.1) is 0 Å². The minimum Gasteiger partial charge on any atom is -0.489 e. The lowest BCUT2D eigenvalue weighted by Gasteiger charge is -2.32. The molecule has 1 aliphatic heterocycles. The van der Waals surface area contributed by atoms with E-state index in [1.807, 2.05) is 36.4 Å². The first-order chi connectivity index (χ1) is 9.79. The number of benzene rings is 1. The SMILES string of the molecule is Brc1ccc(OC2CCCN(Cc3ccco3)C2)cc1. The van der Waals surface area contributed by atoms with Crippen LogP contribution >= 0.6 is 15.9 Å². The molecule has 1 aromatic heterocycles. The van der Waals surface area contributed by atoms with Crippen molar-refractivity contribution >= 4 is 15.9 Å². The van der Waals surface area contributed by atoms with Gasteiger partial charge >= 0.3 is 0 Å². The highest BCUT2D eigenvalue weighted by molar-refractivity contribution is 9.10. The molecular weight excluding hydrogens is 318 g/mol. The van der Waals surface area contributed by atoms with Crippen molar-refractivity contribution < 1.29 is 9.15 Å². The summed E-state index contributed by atoms with van der Waals surface area (Å²) in [6, 6.07) is 12.0. The monoisotopic (exact) mass is 335 g/mol. The van der Waals surface area contributed by atoms with Gasteiger partial charge in [0.2, 0.25) is 0 Å². The molecule has 0 N–H and O–H groups in total. The molecule has 3 rings (SSSR count). The van der Waals surface area contributed by atoms with Gasteiger partial charge in [-0.05, 0) is 55.8 Å². The van der Waals surface area contributed by atoms with E-state index >= 15 is 0 Å². The van der Waals surface area contributed by atoms with E-state index in [2.05, 4.69) is 20.8 Å². The summed E-state index contributed by atoms with van der Waals surface area (Å²) in [6.07, 6.45) is 4.28. The molecule has 1 aliphatic rings. The van der Waals surface area contributed by atoms with Crippen LogP contribution in [0.2, 0.25) is 0 Å². The number of halogens is 1. The van der Waals surface area contributed by atoms with Crippen molar-refractivity contribution in [2.75, 3.05) is 13.1 Å². The Morgan fingerprint density at radius 2 is 2.10 bits per heavy atom. The third-order valence-corrected chi connectivity index (χ3v) is 4.07. The first-order valence-corrected chi connectivity index (χ1v) is 7.76. The van der Waals surface area contributed by atoms with E-state index in [-0.39, 0.29) is 6.10 Å². The molecule has 0 saturated carbocycles. The molecule has 106 valence electrons. The van der Waals surface area contributed by atoms with Crippen LogP contribution in [0.1, 0.15) is 18.6 Å². The normalized spacial score (nSPS) is 19.9. The standard InChI is InChI=1S/C16H18BrNO2/c17-13-5-7-14(8-6-13)20-16-3-1-9-18(12-16)11-15-4-2-10-19-15/h2,4-8,10,16H,1,3,9,11-12H2. The molecule has 2 aromatic rings. The van der Waals surface area contributed by atoms with Crippen LogP contribution < -0.4 is 4.74 Å². The number of nitrogens with zero attached hydrogens (tertiary/aromatic N) is 1. The maximum Gasteiger partial charge on any atom is 0.119 e. The highest BCUT2D eigenvalue weighted by atomic mass is 79.9. The van der Waals surface area contributed by atoms with Gasteiger partial charge < -0.3 is 9.15 Å². The fourth-order valence-corrected chi connectivity index (χ4v) is 2.85. The second-order valence-electron chi connectivity index (χ2n) is 5.15. The lowest BCUT2D eigenvalue weighted by molar-refractivity contribution is 0.0802. The van der Waals surface area contributed by atoms with E-state index in [0.717, 1.165) is 42.0 Å². The molecule has 3 nitrogen and oxygen atoms in total. The van der Waals surface area contributed by atoms with Gasteiger partial charge in [-0.1, -0.05) is 15.9 Å². The second kappa shape index (κ2) is 6.46. The summed E-state index contributed by atoms with van der Waals surface area (Å²) in [6.45, 7) is 2.94. The Morgan fingerprint density at radius 3 is 2.85 bits per heavy atom. The lowest BCUT2D eigenvalue weighted by Crippen LogP contribution is -2.40. The van der Waals surface area contributed by atoms with Gasteiger partial charge in [0.25, 0.3) is 0 Å². The number of rotatable bonds is 4. The van der Waals surface area contributed by atoms with Gasteiger partial charge in [0.05, 0.1) is 12.8 Å². The quantitative estimate of drug-likeness (QED) is 0.841. The molecule has 20 heavy (non-hydrogen) atoms. The second-order valence-corrected chi connectivity index (χ2v) is 6.07. The van der Waals surface area contributed by atoms with Crippen LogP contribution in [-0.2, 0) is 6.54 Å². The summed E-state index contributed by atoms with van der Waals surface area (Å²) in [5.41, 5.74) is 0.